The number of rotatable bonds is 6. The van der Waals surface area contributed by atoms with E-state index >= 15 is 0 Å². The predicted octanol–water partition coefficient (Wildman–Crippen LogP) is 4.47. The van der Waals surface area contributed by atoms with Crippen LogP contribution >= 0.6 is 0 Å². The highest BCUT2D eigenvalue weighted by Crippen LogP contribution is 2.48. The van der Waals surface area contributed by atoms with Crippen molar-refractivity contribution in [1.29, 1.82) is 0 Å². The highest BCUT2D eigenvalue weighted by Gasteiger charge is 2.26. The molecule has 0 radical (unpaired) electrons. The van der Waals surface area contributed by atoms with Gasteiger partial charge in [-0.1, -0.05) is 19.9 Å². The zero-order valence-electron chi connectivity index (χ0n) is 15.9. The number of hydrogen-bond donors (Lipinski definition) is 0. The summed E-state index contributed by atoms with van der Waals surface area (Å²) in [4.78, 5) is 2.41. The molecule has 1 aromatic heterocycles. The van der Waals surface area contributed by atoms with Gasteiger partial charge in [-0.25, -0.2) is 0 Å². The van der Waals surface area contributed by atoms with Crippen LogP contribution in [0.4, 0.5) is 0 Å². The first kappa shape index (κ1) is 16.9. The standard InChI is InChI=1S/C21H25N3O2/c1-5-23(6-2)11-12-24-17-10-7-14(3)21-19(17)20(22-24)16-9-8-15(25-4)13-18(16)26-21/h7-10,13H,5-6,11-12H2,1-4H3. The van der Waals surface area contributed by atoms with Crippen molar-refractivity contribution in [2.24, 2.45) is 0 Å². The number of methoxy groups -OCH3 is 1. The van der Waals surface area contributed by atoms with Crippen LogP contribution in [0.1, 0.15) is 19.4 Å². The van der Waals surface area contributed by atoms with Crippen LogP contribution in [0.3, 0.4) is 0 Å². The first-order valence-corrected chi connectivity index (χ1v) is 9.25. The van der Waals surface area contributed by atoms with Crippen molar-refractivity contribution in [2.75, 3.05) is 26.7 Å². The van der Waals surface area contributed by atoms with Crippen LogP contribution in [0.25, 0.3) is 22.2 Å². The summed E-state index contributed by atoms with van der Waals surface area (Å²) in [5.41, 5.74) is 4.28. The van der Waals surface area contributed by atoms with Gasteiger partial charge in [0.1, 0.15) is 22.9 Å². The van der Waals surface area contributed by atoms with Crippen molar-refractivity contribution in [3.05, 3.63) is 35.9 Å². The molecule has 26 heavy (non-hydrogen) atoms. The largest absolute Gasteiger partial charge is 0.497 e. The van der Waals surface area contributed by atoms with Gasteiger partial charge < -0.3 is 14.4 Å². The molecule has 5 nitrogen and oxygen atoms in total. The average molecular weight is 351 g/mol. The quantitative estimate of drug-likeness (QED) is 0.514. The van der Waals surface area contributed by atoms with Crippen LogP contribution in [-0.2, 0) is 6.54 Å². The van der Waals surface area contributed by atoms with Gasteiger partial charge in [-0.3, -0.25) is 4.68 Å². The Balaban J connectivity index is 1.83. The Morgan fingerprint density at radius 3 is 2.69 bits per heavy atom. The normalized spacial score (nSPS) is 12.3. The monoisotopic (exact) mass is 351 g/mol. The molecule has 4 rings (SSSR count). The fraction of sp³-hybridized carbons (Fsp3) is 0.381. The first-order valence-electron chi connectivity index (χ1n) is 9.25. The topological polar surface area (TPSA) is 39.5 Å². The first-order chi connectivity index (χ1) is 12.7. The van der Waals surface area contributed by atoms with E-state index in [0.717, 1.165) is 71.2 Å². The van der Waals surface area contributed by atoms with Gasteiger partial charge >= 0.3 is 0 Å². The molecule has 1 aliphatic rings. The minimum atomic E-state index is 0.790. The molecule has 0 fully saturated rings. The van der Waals surface area contributed by atoms with Gasteiger partial charge in [0, 0.05) is 18.2 Å². The highest BCUT2D eigenvalue weighted by molar-refractivity contribution is 6.02. The van der Waals surface area contributed by atoms with Crippen LogP contribution < -0.4 is 9.47 Å². The number of benzene rings is 2. The summed E-state index contributed by atoms with van der Waals surface area (Å²) < 4.78 is 13.7. The van der Waals surface area contributed by atoms with E-state index in [2.05, 4.69) is 42.5 Å². The SMILES string of the molecule is CCN(CC)CCn1nc2c3c(c(C)ccc31)Oc1cc(OC)ccc1-2. The van der Waals surface area contributed by atoms with E-state index < -0.39 is 0 Å². The minimum absolute atomic E-state index is 0.790. The molecule has 0 aliphatic carbocycles. The number of nitrogens with zero attached hydrogens (tertiary/aromatic N) is 3. The van der Waals surface area contributed by atoms with Crippen LogP contribution in [0.2, 0.25) is 0 Å². The lowest BCUT2D eigenvalue weighted by Crippen LogP contribution is -2.27. The fourth-order valence-corrected chi connectivity index (χ4v) is 3.63. The number of aryl methyl sites for hydroxylation is 1. The molecule has 0 bridgehead atoms. The van der Waals surface area contributed by atoms with Gasteiger partial charge in [-0.05, 0) is 43.8 Å². The summed E-state index contributed by atoms with van der Waals surface area (Å²) in [5.74, 6) is 2.51. The van der Waals surface area contributed by atoms with Gasteiger partial charge in [0.15, 0.2) is 0 Å². The smallest absolute Gasteiger partial charge is 0.142 e. The Morgan fingerprint density at radius 2 is 1.96 bits per heavy atom. The molecule has 0 amide bonds. The maximum absolute atomic E-state index is 6.26. The molecule has 5 heteroatoms. The molecule has 0 unspecified atom stereocenters. The van der Waals surface area contributed by atoms with Gasteiger partial charge in [0.25, 0.3) is 0 Å². The Morgan fingerprint density at radius 1 is 1.15 bits per heavy atom. The number of likely N-dealkylation sites (N-methyl/N-ethyl adjacent to an activating group) is 1. The number of aromatic nitrogens is 2. The van der Waals surface area contributed by atoms with Gasteiger partial charge in [0.2, 0.25) is 0 Å². The molecule has 0 spiro atoms. The molecule has 0 saturated carbocycles. The molecule has 0 atom stereocenters. The molecular formula is C21H25N3O2. The number of ether oxygens (including phenoxy) is 2. The highest BCUT2D eigenvalue weighted by atomic mass is 16.5. The van der Waals surface area contributed by atoms with E-state index in [1.807, 2.05) is 18.2 Å². The van der Waals surface area contributed by atoms with Crippen LogP contribution in [0, 0.1) is 6.92 Å². The van der Waals surface area contributed by atoms with Gasteiger partial charge in [0.05, 0.1) is 24.6 Å². The third-order valence-corrected chi connectivity index (χ3v) is 5.25. The third kappa shape index (κ3) is 2.63. The molecule has 1 aliphatic heterocycles. The summed E-state index contributed by atoms with van der Waals surface area (Å²) in [5, 5.41) is 6.08. The van der Waals surface area contributed by atoms with E-state index in [1.165, 1.54) is 0 Å². The Kier molecular flexibility index (Phi) is 4.32. The lowest BCUT2D eigenvalue weighted by atomic mass is 10.0. The molecule has 2 aromatic carbocycles. The van der Waals surface area contributed by atoms with Crippen molar-refractivity contribution < 1.29 is 9.47 Å². The second-order valence-corrected chi connectivity index (χ2v) is 6.67. The Bertz CT molecular complexity index is 958. The molecule has 2 heterocycles. The molecular weight excluding hydrogens is 326 g/mol. The predicted molar refractivity (Wildman–Crippen MR) is 104 cm³/mol. The van der Waals surface area contributed by atoms with Crippen molar-refractivity contribution in [2.45, 2.75) is 27.3 Å². The van der Waals surface area contributed by atoms with Crippen molar-refractivity contribution >= 4 is 10.9 Å². The number of hydrogen-bond acceptors (Lipinski definition) is 4. The van der Waals surface area contributed by atoms with E-state index in [9.17, 15) is 0 Å². The van der Waals surface area contributed by atoms with Crippen molar-refractivity contribution in [3.63, 3.8) is 0 Å². The summed E-state index contributed by atoms with van der Waals surface area (Å²) in [6, 6.07) is 10.2. The summed E-state index contributed by atoms with van der Waals surface area (Å²) >= 11 is 0. The molecule has 136 valence electrons. The van der Waals surface area contributed by atoms with Crippen LogP contribution in [-0.4, -0.2) is 41.4 Å². The summed E-state index contributed by atoms with van der Waals surface area (Å²) in [7, 11) is 1.67. The van der Waals surface area contributed by atoms with Crippen molar-refractivity contribution in [3.8, 4) is 28.5 Å². The third-order valence-electron chi connectivity index (χ3n) is 5.25. The lowest BCUT2D eigenvalue weighted by molar-refractivity contribution is 0.287. The Hall–Kier alpha value is -2.53. The maximum atomic E-state index is 6.26. The average Bonchev–Trinajstić information content (AvgIpc) is 3.04. The van der Waals surface area contributed by atoms with Crippen molar-refractivity contribution in [1.82, 2.24) is 14.7 Å². The number of fused-ring (bicyclic) bond motifs is 2. The van der Waals surface area contributed by atoms with E-state index in [4.69, 9.17) is 14.6 Å². The second kappa shape index (κ2) is 6.65. The van der Waals surface area contributed by atoms with Crippen LogP contribution in [0.5, 0.6) is 17.2 Å². The Labute approximate surface area is 154 Å². The minimum Gasteiger partial charge on any atom is -0.497 e. The summed E-state index contributed by atoms with van der Waals surface area (Å²) in [6.07, 6.45) is 0. The van der Waals surface area contributed by atoms with Crippen LogP contribution in [0.15, 0.2) is 30.3 Å². The molecule has 0 saturated heterocycles. The maximum Gasteiger partial charge on any atom is 0.142 e. The van der Waals surface area contributed by atoms with Gasteiger partial charge in [-0.2, -0.15) is 5.10 Å². The van der Waals surface area contributed by atoms with Gasteiger partial charge in [-0.15, -0.1) is 0 Å². The second-order valence-electron chi connectivity index (χ2n) is 6.67. The van der Waals surface area contributed by atoms with E-state index in [-0.39, 0.29) is 0 Å². The molecule has 3 aromatic rings. The van der Waals surface area contributed by atoms with E-state index in [1.54, 1.807) is 7.11 Å². The zero-order chi connectivity index (χ0) is 18.3. The fourth-order valence-electron chi connectivity index (χ4n) is 3.63. The summed E-state index contributed by atoms with van der Waals surface area (Å²) in [6.45, 7) is 10.4. The lowest BCUT2D eigenvalue weighted by Gasteiger charge is -2.19. The van der Waals surface area contributed by atoms with E-state index in [0.29, 0.717) is 0 Å². The zero-order valence-corrected chi connectivity index (χ0v) is 15.9. The molecule has 0 N–H and O–H groups in total.